The molecular formula is C18H27ClN2O. The Labute approximate surface area is 140 Å². The number of aryl methyl sites for hydroxylation is 2. The molecule has 1 amide bonds. The van der Waals surface area contributed by atoms with Crippen LogP contribution in [0.5, 0.6) is 0 Å². The molecule has 2 atom stereocenters. The van der Waals surface area contributed by atoms with Gasteiger partial charge in [-0.25, -0.2) is 0 Å². The maximum absolute atomic E-state index is 12.3. The van der Waals surface area contributed by atoms with Crippen LogP contribution in [-0.2, 0) is 4.79 Å². The van der Waals surface area contributed by atoms with Crippen LogP contribution in [0.2, 0.25) is 0 Å². The average Bonchev–Trinajstić information content (AvgIpc) is 2.46. The van der Waals surface area contributed by atoms with Gasteiger partial charge in [-0.2, -0.15) is 0 Å². The summed E-state index contributed by atoms with van der Waals surface area (Å²) in [5, 5.41) is 0. The molecule has 0 bridgehead atoms. The number of halogens is 1. The lowest BCUT2D eigenvalue weighted by Crippen LogP contribution is -2.44. The van der Waals surface area contributed by atoms with Crippen molar-refractivity contribution >= 4 is 24.4 Å². The molecule has 1 aromatic carbocycles. The van der Waals surface area contributed by atoms with E-state index in [2.05, 4.69) is 32.0 Å². The molecule has 2 N–H and O–H groups in total. The normalized spacial score (nSPS) is 19.8. The zero-order valence-electron chi connectivity index (χ0n) is 13.7. The number of nitrogens with two attached hydrogens (primary N) is 1. The highest BCUT2D eigenvalue weighted by Crippen LogP contribution is 2.19. The molecule has 22 heavy (non-hydrogen) atoms. The van der Waals surface area contributed by atoms with Crippen molar-refractivity contribution in [2.24, 2.45) is 11.7 Å². The zero-order chi connectivity index (χ0) is 15.4. The summed E-state index contributed by atoms with van der Waals surface area (Å²) in [6.45, 7) is 7.81. The molecule has 3 nitrogen and oxygen atoms in total. The summed E-state index contributed by atoms with van der Waals surface area (Å²) in [4.78, 5) is 14.2. The molecule has 1 heterocycles. The van der Waals surface area contributed by atoms with Crippen molar-refractivity contribution in [3.05, 3.63) is 41.0 Å². The number of carbonyl (C=O) groups excluding carboxylic acids is 1. The Kier molecular flexibility index (Phi) is 7.11. The minimum absolute atomic E-state index is 0. The van der Waals surface area contributed by atoms with Crippen molar-refractivity contribution in [3.63, 3.8) is 0 Å². The molecular weight excluding hydrogens is 296 g/mol. The second-order valence-corrected chi connectivity index (χ2v) is 6.24. The molecule has 2 unspecified atom stereocenters. The van der Waals surface area contributed by atoms with E-state index >= 15 is 0 Å². The summed E-state index contributed by atoms with van der Waals surface area (Å²) in [5.74, 6) is 0.525. The topological polar surface area (TPSA) is 46.3 Å². The second-order valence-electron chi connectivity index (χ2n) is 6.24. The van der Waals surface area contributed by atoms with Gasteiger partial charge in [0, 0.05) is 25.2 Å². The van der Waals surface area contributed by atoms with Gasteiger partial charge in [0.15, 0.2) is 0 Å². The van der Waals surface area contributed by atoms with Crippen LogP contribution in [0.25, 0.3) is 6.08 Å². The highest BCUT2D eigenvalue weighted by Gasteiger charge is 2.24. The maximum atomic E-state index is 12.3. The number of nitrogens with zero attached hydrogens (tertiary/aromatic N) is 1. The highest BCUT2D eigenvalue weighted by atomic mass is 35.5. The SMILES string of the molecule is Cc1ccc(/C=C/C(=O)N2CCCC(C(C)N)C2)c(C)c1.Cl. The molecule has 0 radical (unpaired) electrons. The quantitative estimate of drug-likeness (QED) is 0.868. The van der Waals surface area contributed by atoms with Crippen molar-refractivity contribution in [2.75, 3.05) is 13.1 Å². The van der Waals surface area contributed by atoms with Crippen LogP contribution in [0.1, 0.15) is 36.5 Å². The molecule has 4 heteroatoms. The number of rotatable bonds is 3. The molecule has 0 aliphatic carbocycles. The molecule has 1 aromatic rings. The fourth-order valence-electron chi connectivity index (χ4n) is 2.92. The monoisotopic (exact) mass is 322 g/mol. The Hall–Kier alpha value is -1.32. The number of likely N-dealkylation sites (tertiary alicyclic amines) is 1. The summed E-state index contributed by atoms with van der Waals surface area (Å²) < 4.78 is 0. The van der Waals surface area contributed by atoms with Crippen LogP contribution >= 0.6 is 12.4 Å². The first-order valence-corrected chi connectivity index (χ1v) is 7.77. The van der Waals surface area contributed by atoms with Gasteiger partial charge in [-0.05, 0) is 56.7 Å². The van der Waals surface area contributed by atoms with E-state index in [-0.39, 0.29) is 24.4 Å². The number of hydrogen-bond acceptors (Lipinski definition) is 2. The van der Waals surface area contributed by atoms with Gasteiger partial charge in [0.05, 0.1) is 0 Å². The van der Waals surface area contributed by atoms with Crippen LogP contribution in [0.3, 0.4) is 0 Å². The lowest BCUT2D eigenvalue weighted by Gasteiger charge is -2.34. The summed E-state index contributed by atoms with van der Waals surface area (Å²) in [6, 6.07) is 6.43. The molecule has 1 saturated heterocycles. The average molecular weight is 323 g/mol. The van der Waals surface area contributed by atoms with Gasteiger partial charge in [-0.3, -0.25) is 4.79 Å². The number of carbonyl (C=O) groups is 1. The largest absolute Gasteiger partial charge is 0.339 e. The van der Waals surface area contributed by atoms with E-state index in [9.17, 15) is 4.79 Å². The number of hydrogen-bond donors (Lipinski definition) is 1. The minimum Gasteiger partial charge on any atom is -0.339 e. The molecule has 1 fully saturated rings. The number of benzene rings is 1. The van der Waals surface area contributed by atoms with E-state index in [0.717, 1.165) is 31.5 Å². The Morgan fingerprint density at radius 1 is 1.41 bits per heavy atom. The molecule has 1 aliphatic rings. The smallest absolute Gasteiger partial charge is 0.246 e. The van der Waals surface area contributed by atoms with Crippen molar-refractivity contribution in [1.29, 1.82) is 0 Å². The van der Waals surface area contributed by atoms with Gasteiger partial charge in [0.25, 0.3) is 0 Å². The first-order valence-electron chi connectivity index (χ1n) is 7.77. The van der Waals surface area contributed by atoms with Gasteiger partial charge in [0.1, 0.15) is 0 Å². The van der Waals surface area contributed by atoms with Crippen LogP contribution < -0.4 is 5.73 Å². The molecule has 2 rings (SSSR count). The third-order valence-corrected chi connectivity index (χ3v) is 4.34. The summed E-state index contributed by atoms with van der Waals surface area (Å²) in [7, 11) is 0. The van der Waals surface area contributed by atoms with Crippen LogP contribution in [0.15, 0.2) is 24.3 Å². The van der Waals surface area contributed by atoms with E-state index in [1.165, 1.54) is 11.1 Å². The van der Waals surface area contributed by atoms with Crippen LogP contribution in [0, 0.1) is 19.8 Å². The van der Waals surface area contributed by atoms with Gasteiger partial charge in [-0.15, -0.1) is 12.4 Å². The van der Waals surface area contributed by atoms with E-state index < -0.39 is 0 Å². The van der Waals surface area contributed by atoms with Gasteiger partial charge >= 0.3 is 0 Å². The highest BCUT2D eigenvalue weighted by molar-refractivity contribution is 5.92. The second kappa shape index (κ2) is 8.35. The molecule has 0 aromatic heterocycles. The third-order valence-electron chi connectivity index (χ3n) is 4.34. The fraction of sp³-hybridized carbons (Fsp3) is 0.500. The summed E-state index contributed by atoms with van der Waals surface area (Å²) >= 11 is 0. The number of piperidine rings is 1. The van der Waals surface area contributed by atoms with E-state index in [1.54, 1.807) is 6.08 Å². The Bertz CT molecular complexity index is 540. The molecule has 0 spiro atoms. The van der Waals surface area contributed by atoms with Crippen LogP contribution in [0.4, 0.5) is 0 Å². The first-order chi connectivity index (χ1) is 9.97. The van der Waals surface area contributed by atoms with Crippen molar-refractivity contribution in [3.8, 4) is 0 Å². The standard InChI is InChI=1S/C18H26N2O.ClH/c1-13-6-7-16(14(2)11-13)8-9-18(21)20-10-4-5-17(12-20)15(3)19;/h6-9,11,15,17H,4-5,10,12,19H2,1-3H3;1H/b9-8+;. The lowest BCUT2D eigenvalue weighted by molar-refractivity contribution is -0.127. The summed E-state index contributed by atoms with van der Waals surface area (Å²) in [6.07, 6.45) is 5.80. The summed E-state index contributed by atoms with van der Waals surface area (Å²) in [5.41, 5.74) is 9.52. The van der Waals surface area contributed by atoms with Gasteiger partial charge in [0.2, 0.25) is 5.91 Å². The van der Waals surface area contributed by atoms with Crippen LogP contribution in [-0.4, -0.2) is 29.9 Å². The molecule has 122 valence electrons. The molecule has 1 aliphatic heterocycles. The first kappa shape index (κ1) is 18.7. The Morgan fingerprint density at radius 3 is 2.77 bits per heavy atom. The van der Waals surface area contributed by atoms with E-state index in [4.69, 9.17) is 5.73 Å². The predicted molar refractivity (Wildman–Crippen MR) is 95.2 cm³/mol. The Balaban J connectivity index is 0.00000242. The zero-order valence-corrected chi connectivity index (χ0v) is 14.5. The van der Waals surface area contributed by atoms with Gasteiger partial charge < -0.3 is 10.6 Å². The van der Waals surface area contributed by atoms with E-state index in [1.807, 2.05) is 17.9 Å². The lowest BCUT2D eigenvalue weighted by atomic mass is 9.92. The van der Waals surface area contributed by atoms with Crippen molar-refractivity contribution < 1.29 is 4.79 Å². The van der Waals surface area contributed by atoms with Crippen molar-refractivity contribution in [1.82, 2.24) is 4.90 Å². The minimum atomic E-state index is 0. The van der Waals surface area contributed by atoms with E-state index in [0.29, 0.717) is 5.92 Å². The third kappa shape index (κ3) is 4.85. The van der Waals surface area contributed by atoms with Gasteiger partial charge in [-0.1, -0.05) is 23.8 Å². The fourth-order valence-corrected chi connectivity index (χ4v) is 2.92. The number of amides is 1. The maximum Gasteiger partial charge on any atom is 0.246 e. The molecule has 0 saturated carbocycles. The van der Waals surface area contributed by atoms with Crippen molar-refractivity contribution in [2.45, 2.75) is 39.7 Å². The predicted octanol–water partition coefficient (Wildman–Crippen LogP) is 3.32. The Morgan fingerprint density at radius 2 is 2.14 bits per heavy atom.